The van der Waals surface area contributed by atoms with Crippen LogP contribution in [0, 0.1) is 11.8 Å². The second-order valence-corrected chi connectivity index (χ2v) is 6.31. The summed E-state index contributed by atoms with van der Waals surface area (Å²) in [5.41, 5.74) is 0. The van der Waals surface area contributed by atoms with Crippen molar-refractivity contribution in [1.82, 2.24) is 10.2 Å². The number of rotatable bonds is 6. The van der Waals surface area contributed by atoms with Gasteiger partial charge >= 0.3 is 0 Å². The van der Waals surface area contributed by atoms with Crippen LogP contribution in [0.2, 0.25) is 0 Å². The number of carbonyl (C=O) groups excluding carboxylic acids is 1. The van der Waals surface area contributed by atoms with Gasteiger partial charge < -0.3 is 4.90 Å². The highest BCUT2D eigenvalue weighted by atomic mass is 16.2. The Morgan fingerprint density at radius 3 is 2.56 bits per heavy atom. The Balaban J connectivity index is 1.92. The first-order valence-corrected chi connectivity index (χ1v) is 7.70. The first-order valence-electron chi connectivity index (χ1n) is 7.70. The summed E-state index contributed by atoms with van der Waals surface area (Å²) >= 11 is 0. The maximum Gasteiger partial charge on any atom is 0.241 e. The molecule has 0 aromatic carbocycles. The van der Waals surface area contributed by atoms with E-state index in [0.717, 1.165) is 25.3 Å². The molecule has 2 rings (SSSR count). The van der Waals surface area contributed by atoms with Gasteiger partial charge in [-0.3, -0.25) is 10.1 Å². The summed E-state index contributed by atoms with van der Waals surface area (Å²) in [6, 6.07) is 0.0730. The van der Waals surface area contributed by atoms with Crippen LogP contribution in [0.4, 0.5) is 0 Å². The lowest BCUT2D eigenvalue weighted by Crippen LogP contribution is -2.42. The van der Waals surface area contributed by atoms with Gasteiger partial charge in [0.25, 0.3) is 0 Å². The average Bonchev–Trinajstić information content (AvgIpc) is 2.56. The molecule has 2 atom stereocenters. The van der Waals surface area contributed by atoms with Gasteiger partial charge in [0.05, 0.1) is 12.2 Å². The first-order chi connectivity index (χ1) is 8.63. The van der Waals surface area contributed by atoms with E-state index in [4.69, 9.17) is 0 Å². The van der Waals surface area contributed by atoms with Crippen LogP contribution in [0.3, 0.4) is 0 Å². The van der Waals surface area contributed by atoms with Crippen molar-refractivity contribution in [1.29, 1.82) is 0 Å². The van der Waals surface area contributed by atoms with Crippen LogP contribution in [0.1, 0.15) is 59.3 Å². The van der Waals surface area contributed by atoms with Crippen LogP contribution in [-0.2, 0) is 4.79 Å². The van der Waals surface area contributed by atoms with E-state index in [-0.39, 0.29) is 12.2 Å². The topological polar surface area (TPSA) is 32.3 Å². The van der Waals surface area contributed by atoms with Crippen LogP contribution < -0.4 is 5.32 Å². The second kappa shape index (κ2) is 6.05. The van der Waals surface area contributed by atoms with E-state index < -0.39 is 0 Å². The molecule has 18 heavy (non-hydrogen) atoms. The molecule has 1 aliphatic carbocycles. The van der Waals surface area contributed by atoms with Crippen LogP contribution >= 0.6 is 0 Å². The van der Waals surface area contributed by atoms with Gasteiger partial charge in [0.1, 0.15) is 0 Å². The van der Waals surface area contributed by atoms with Gasteiger partial charge in [-0.05, 0) is 24.7 Å². The highest BCUT2D eigenvalue weighted by Gasteiger charge is 2.39. The molecule has 3 nitrogen and oxygen atoms in total. The number of carbonyl (C=O) groups is 1. The van der Waals surface area contributed by atoms with Gasteiger partial charge in [-0.25, -0.2) is 0 Å². The minimum absolute atomic E-state index is 0.0730. The molecule has 2 aliphatic rings. The van der Waals surface area contributed by atoms with E-state index in [1.807, 2.05) is 0 Å². The zero-order valence-electron chi connectivity index (χ0n) is 12.1. The van der Waals surface area contributed by atoms with E-state index in [1.165, 1.54) is 25.7 Å². The molecular formula is C15H28N2O. The normalized spacial score (nSPS) is 29.1. The van der Waals surface area contributed by atoms with Crippen molar-refractivity contribution in [2.45, 2.75) is 71.5 Å². The summed E-state index contributed by atoms with van der Waals surface area (Å²) < 4.78 is 0. The Morgan fingerprint density at radius 1 is 1.33 bits per heavy atom. The molecular weight excluding hydrogens is 224 g/mol. The number of nitrogens with zero attached hydrogens (tertiary/aromatic N) is 1. The lowest BCUT2D eigenvalue weighted by Gasteiger charge is -2.31. The summed E-state index contributed by atoms with van der Waals surface area (Å²) in [5.74, 6) is 1.72. The molecule has 0 aromatic rings. The molecule has 2 unspecified atom stereocenters. The lowest BCUT2D eigenvalue weighted by atomic mass is 9.83. The fourth-order valence-electron chi connectivity index (χ4n) is 3.10. The van der Waals surface area contributed by atoms with Gasteiger partial charge in [-0.1, -0.05) is 46.5 Å². The number of amides is 1. The van der Waals surface area contributed by atoms with Gasteiger partial charge in [-0.15, -0.1) is 0 Å². The van der Waals surface area contributed by atoms with Crippen LogP contribution in [0.5, 0.6) is 0 Å². The number of hydrogen-bond donors (Lipinski definition) is 1. The monoisotopic (exact) mass is 252 g/mol. The molecule has 1 saturated heterocycles. The van der Waals surface area contributed by atoms with E-state index in [1.54, 1.807) is 0 Å². The van der Waals surface area contributed by atoms with Gasteiger partial charge in [-0.2, -0.15) is 0 Å². The summed E-state index contributed by atoms with van der Waals surface area (Å²) in [7, 11) is 0. The summed E-state index contributed by atoms with van der Waals surface area (Å²) in [4.78, 5) is 14.5. The standard InChI is InChI=1S/C15H28N2O/c1-4-6-13-15(18)17(14(16-13)11(2)3)10-9-12-7-5-8-12/h11-14,16H,4-10H2,1-3H3. The van der Waals surface area contributed by atoms with Crippen molar-refractivity contribution in [3.05, 3.63) is 0 Å². The molecule has 3 heteroatoms. The molecule has 0 bridgehead atoms. The van der Waals surface area contributed by atoms with Crippen LogP contribution in [0.15, 0.2) is 0 Å². The zero-order valence-corrected chi connectivity index (χ0v) is 12.1. The van der Waals surface area contributed by atoms with E-state index in [9.17, 15) is 4.79 Å². The Bertz CT molecular complexity index is 286. The molecule has 0 radical (unpaired) electrons. The third-order valence-electron chi connectivity index (χ3n) is 4.50. The maximum absolute atomic E-state index is 12.4. The molecule has 1 N–H and O–H groups in total. The molecule has 1 aliphatic heterocycles. The maximum atomic E-state index is 12.4. The predicted molar refractivity (Wildman–Crippen MR) is 74.1 cm³/mol. The van der Waals surface area contributed by atoms with Crippen molar-refractivity contribution in [3.63, 3.8) is 0 Å². The van der Waals surface area contributed by atoms with Gasteiger partial charge in [0, 0.05) is 6.54 Å². The first kappa shape index (κ1) is 13.9. The van der Waals surface area contributed by atoms with Gasteiger partial charge in [0.15, 0.2) is 0 Å². The highest BCUT2D eigenvalue weighted by Crippen LogP contribution is 2.30. The summed E-state index contributed by atoms with van der Waals surface area (Å²) in [6.07, 6.45) is 7.65. The van der Waals surface area contributed by atoms with Crippen molar-refractivity contribution < 1.29 is 4.79 Å². The third-order valence-corrected chi connectivity index (χ3v) is 4.50. The molecule has 104 valence electrons. The number of nitrogens with one attached hydrogen (secondary N) is 1. The number of hydrogen-bond acceptors (Lipinski definition) is 2. The minimum atomic E-state index is 0.0730. The van der Waals surface area contributed by atoms with Crippen molar-refractivity contribution >= 4 is 5.91 Å². The quantitative estimate of drug-likeness (QED) is 0.788. The average molecular weight is 252 g/mol. The Kier molecular flexibility index (Phi) is 4.66. The van der Waals surface area contributed by atoms with Crippen LogP contribution in [-0.4, -0.2) is 29.6 Å². The molecule has 0 aromatic heterocycles. The summed E-state index contributed by atoms with van der Waals surface area (Å²) in [5, 5.41) is 3.53. The Labute approximate surface area is 111 Å². The SMILES string of the molecule is CCCC1NC(C(C)C)N(CCC2CCC2)C1=O. The van der Waals surface area contributed by atoms with Crippen molar-refractivity contribution in [2.24, 2.45) is 11.8 Å². The molecule has 1 saturated carbocycles. The smallest absolute Gasteiger partial charge is 0.241 e. The van der Waals surface area contributed by atoms with Crippen molar-refractivity contribution in [2.75, 3.05) is 6.54 Å². The van der Waals surface area contributed by atoms with Crippen LogP contribution in [0.25, 0.3) is 0 Å². The lowest BCUT2D eigenvalue weighted by molar-refractivity contribution is -0.130. The van der Waals surface area contributed by atoms with E-state index in [0.29, 0.717) is 11.8 Å². The Hall–Kier alpha value is -0.570. The fourth-order valence-corrected chi connectivity index (χ4v) is 3.10. The van der Waals surface area contributed by atoms with E-state index in [2.05, 4.69) is 31.0 Å². The van der Waals surface area contributed by atoms with Gasteiger partial charge in [0.2, 0.25) is 5.91 Å². The summed E-state index contributed by atoms with van der Waals surface area (Å²) in [6.45, 7) is 7.52. The van der Waals surface area contributed by atoms with Crippen molar-refractivity contribution in [3.8, 4) is 0 Å². The Morgan fingerprint density at radius 2 is 2.06 bits per heavy atom. The molecule has 2 fully saturated rings. The predicted octanol–water partition coefficient (Wildman–Crippen LogP) is 2.76. The molecule has 0 spiro atoms. The third kappa shape index (κ3) is 2.87. The van der Waals surface area contributed by atoms with E-state index >= 15 is 0 Å². The highest BCUT2D eigenvalue weighted by molar-refractivity contribution is 5.84. The molecule has 1 heterocycles. The molecule has 1 amide bonds. The minimum Gasteiger partial charge on any atom is -0.326 e. The second-order valence-electron chi connectivity index (χ2n) is 6.31. The zero-order chi connectivity index (χ0) is 13.1. The largest absolute Gasteiger partial charge is 0.326 e. The fraction of sp³-hybridized carbons (Fsp3) is 0.933.